The Morgan fingerprint density at radius 2 is 2.14 bits per heavy atom. The van der Waals surface area contributed by atoms with Crippen LogP contribution in [-0.2, 0) is 6.54 Å². The number of thiophene rings is 1. The molecule has 1 N–H and O–H groups in total. The molecule has 4 heteroatoms. The summed E-state index contributed by atoms with van der Waals surface area (Å²) in [4.78, 5) is 2.33. The van der Waals surface area contributed by atoms with Crippen LogP contribution in [-0.4, -0.2) is 13.6 Å². The summed E-state index contributed by atoms with van der Waals surface area (Å²) in [5.41, 5.74) is 4.00. The van der Waals surface area contributed by atoms with Gasteiger partial charge in [0.1, 0.15) is 0 Å². The quantitative estimate of drug-likeness (QED) is 0.723. The van der Waals surface area contributed by atoms with Crippen molar-refractivity contribution in [2.24, 2.45) is 0 Å². The van der Waals surface area contributed by atoms with Crippen LogP contribution in [0, 0.1) is 0 Å². The molecule has 0 spiro atoms. The van der Waals surface area contributed by atoms with E-state index < -0.39 is 0 Å². The fourth-order valence-corrected chi connectivity index (χ4v) is 3.47. The lowest BCUT2D eigenvalue weighted by molar-refractivity contribution is 0.569. The number of hydrogen-bond donors (Lipinski definition) is 1. The summed E-state index contributed by atoms with van der Waals surface area (Å²) in [5.74, 6) is 0. The molecular weight excluding hydrogens is 344 g/mol. The maximum absolute atomic E-state index is 3.60. The number of rotatable bonds is 7. The van der Waals surface area contributed by atoms with E-state index in [4.69, 9.17) is 0 Å². The molecule has 0 bridgehead atoms. The highest BCUT2D eigenvalue weighted by molar-refractivity contribution is 9.10. The zero-order chi connectivity index (χ0) is 15.2. The molecule has 1 aromatic carbocycles. The number of halogens is 1. The highest BCUT2D eigenvalue weighted by Crippen LogP contribution is 2.30. The van der Waals surface area contributed by atoms with Crippen molar-refractivity contribution in [1.82, 2.24) is 5.32 Å². The molecule has 0 radical (unpaired) electrons. The smallest absolute Gasteiger partial charge is 0.0434 e. The molecule has 2 nitrogen and oxygen atoms in total. The van der Waals surface area contributed by atoms with E-state index >= 15 is 0 Å². The lowest BCUT2D eigenvalue weighted by Gasteiger charge is -2.26. The third kappa shape index (κ3) is 4.56. The molecule has 0 amide bonds. The highest BCUT2D eigenvalue weighted by Gasteiger charge is 2.14. The minimum absolute atomic E-state index is 0.349. The van der Waals surface area contributed by atoms with Crippen LogP contribution in [0.2, 0.25) is 0 Å². The Kier molecular flexibility index (Phi) is 6.27. The molecule has 0 aliphatic rings. The average Bonchev–Trinajstić information content (AvgIpc) is 2.97. The van der Waals surface area contributed by atoms with E-state index in [1.807, 2.05) is 0 Å². The number of anilines is 1. The maximum Gasteiger partial charge on any atom is 0.0434 e. The van der Waals surface area contributed by atoms with Crippen molar-refractivity contribution in [3.8, 4) is 0 Å². The van der Waals surface area contributed by atoms with Crippen molar-refractivity contribution in [3.63, 3.8) is 0 Å². The Morgan fingerprint density at radius 3 is 2.81 bits per heavy atom. The summed E-state index contributed by atoms with van der Waals surface area (Å²) in [5, 5.41) is 7.94. The van der Waals surface area contributed by atoms with Crippen LogP contribution in [0.4, 0.5) is 5.69 Å². The van der Waals surface area contributed by atoms with Gasteiger partial charge in [-0.2, -0.15) is 11.3 Å². The number of nitrogens with zero attached hydrogens (tertiary/aromatic N) is 1. The first kappa shape index (κ1) is 16.5. The lowest BCUT2D eigenvalue weighted by Crippen LogP contribution is -2.24. The van der Waals surface area contributed by atoms with E-state index in [-0.39, 0.29) is 0 Å². The Morgan fingerprint density at radius 1 is 1.33 bits per heavy atom. The minimum Gasteiger partial charge on any atom is -0.370 e. The molecule has 2 aromatic rings. The van der Waals surface area contributed by atoms with Crippen LogP contribution in [0.3, 0.4) is 0 Å². The van der Waals surface area contributed by atoms with Crippen molar-refractivity contribution in [1.29, 1.82) is 0 Å². The number of benzene rings is 1. The number of hydrogen-bond acceptors (Lipinski definition) is 3. The van der Waals surface area contributed by atoms with E-state index in [1.54, 1.807) is 11.3 Å². The predicted octanol–water partition coefficient (Wildman–Crippen LogP) is 5.21. The van der Waals surface area contributed by atoms with Gasteiger partial charge in [-0.05, 0) is 66.0 Å². The second-order valence-corrected chi connectivity index (χ2v) is 7.06. The molecule has 1 aromatic heterocycles. The van der Waals surface area contributed by atoms with Crippen molar-refractivity contribution in [3.05, 3.63) is 50.6 Å². The van der Waals surface area contributed by atoms with Gasteiger partial charge in [-0.25, -0.2) is 0 Å². The van der Waals surface area contributed by atoms with Gasteiger partial charge in [-0.15, -0.1) is 0 Å². The first-order valence-electron chi connectivity index (χ1n) is 7.37. The van der Waals surface area contributed by atoms with Crippen LogP contribution < -0.4 is 10.2 Å². The maximum atomic E-state index is 3.60. The van der Waals surface area contributed by atoms with E-state index in [0.717, 1.165) is 24.0 Å². The first-order chi connectivity index (χ1) is 10.1. The largest absolute Gasteiger partial charge is 0.370 e. The summed E-state index contributed by atoms with van der Waals surface area (Å²) in [6.45, 7) is 6.42. The molecule has 0 aliphatic heterocycles. The van der Waals surface area contributed by atoms with E-state index in [2.05, 4.69) is 82.1 Å². The molecule has 1 heterocycles. The standard InChI is InChI=1S/C17H23BrN2S/c1-4-8-19-13(2)16-10-15(18)5-6-17(16)20(3)11-14-7-9-21-12-14/h5-7,9-10,12-13,19H,4,8,11H2,1-3H3. The summed E-state index contributed by atoms with van der Waals surface area (Å²) >= 11 is 5.35. The van der Waals surface area contributed by atoms with Crippen LogP contribution in [0.25, 0.3) is 0 Å². The van der Waals surface area contributed by atoms with Crippen LogP contribution in [0.15, 0.2) is 39.5 Å². The zero-order valence-corrected chi connectivity index (χ0v) is 15.3. The predicted molar refractivity (Wildman–Crippen MR) is 97.3 cm³/mol. The van der Waals surface area contributed by atoms with E-state index in [9.17, 15) is 0 Å². The SMILES string of the molecule is CCCNC(C)c1cc(Br)ccc1N(C)Cc1ccsc1. The van der Waals surface area contributed by atoms with Gasteiger partial charge in [0.25, 0.3) is 0 Å². The van der Waals surface area contributed by atoms with Crippen molar-refractivity contribution >= 4 is 33.0 Å². The molecule has 21 heavy (non-hydrogen) atoms. The lowest BCUT2D eigenvalue weighted by atomic mass is 10.0. The van der Waals surface area contributed by atoms with Crippen molar-refractivity contribution in [2.45, 2.75) is 32.9 Å². The first-order valence-corrected chi connectivity index (χ1v) is 9.10. The molecule has 0 saturated heterocycles. The van der Waals surface area contributed by atoms with Gasteiger partial charge >= 0.3 is 0 Å². The van der Waals surface area contributed by atoms with Gasteiger partial charge in [-0.3, -0.25) is 0 Å². The van der Waals surface area contributed by atoms with Crippen LogP contribution >= 0.6 is 27.3 Å². The average molecular weight is 367 g/mol. The van der Waals surface area contributed by atoms with Gasteiger partial charge in [-0.1, -0.05) is 22.9 Å². The molecule has 0 fully saturated rings. The van der Waals surface area contributed by atoms with Gasteiger partial charge in [0.2, 0.25) is 0 Å². The molecule has 114 valence electrons. The normalized spacial score (nSPS) is 12.4. The van der Waals surface area contributed by atoms with Gasteiger partial charge < -0.3 is 10.2 Å². The second-order valence-electron chi connectivity index (χ2n) is 5.37. The Bertz CT molecular complexity index is 554. The molecule has 1 atom stereocenters. The van der Waals surface area contributed by atoms with Gasteiger partial charge in [0.15, 0.2) is 0 Å². The third-order valence-corrected chi connectivity index (χ3v) is 4.79. The summed E-state index contributed by atoms with van der Waals surface area (Å²) in [6, 6.07) is 9.10. The van der Waals surface area contributed by atoms with Crippen LogP contribution in [0.1, 0.15) is 37.4 Å². The van der Waals surface area contributed by atoms with E-state index in [0.29, 0.717) is 6.04 Å². The summed E-state index contributed by atoms with van der Waals surface area (Å²) in [7, 11) is 2.16. The number of nitrogens with one attached hydrogen (secondary N) is 1. The van der Waals surface area contributed by atoms with Crippen molar-refractivity contribution in [2.75, 3.05) is 18.5 Å². The molecule has 0 saturated carbocycles. The third-order valence-electron chi connectivity index (χ3n) is 3.57. The fourth-order valence-electron chi connectivity index (χ4n) is 2.43. The summed E-state index contributed by atoms with van der Waals surface area (Å²) < 4.78 is 1.13. The van der Waals surface area contributed by atoms with Gasteiger partial charge in [0.05, 0.1) is 0 Å². The van der Waals surface area contributed by atoms with Gasteiger partial charge in [0, 0.05) is 29.8 Å². The van der Waals surface area contributed by atoms with E-state index in [1.165, 1.54) is 16.8 Å². The monoisotopic (exact) mass is 366 g/mol. The topological polar surface area (TPSA) is 15.3 Å². The van der Waals surface area contributed by atoms with Crippen LogP contribution in [0.5, 0.6) is 0 Å². The second kappa shape index (κ2) is 7.97. The molecule has 0 aliphatic carbocycles. The molecule has 2 rings (SSSR count). The summed E-state index contributed by atoms with van der Waals surface area (Å²) in [6.07, 6.45) is 1.15. The minimum atomic E-state index is 0.349. The Balaban J connectivity index is 2.21. The fraction of sp³-hybridized carbons (Fsp3) is 0.412. The van der Waals surface area contributed by atoms with Crippen molar-refractivity contribution < 1.29 is 0 Å². The molecular formula is C17H23BrN2S. The Hall–Kier alpha value is -0.840. The molecule has 1 unspecified atom stereocenters. The highest BCUT2D eigenvalue weighted by atomic mass is 79.9. The Labute approximate surface area is 140 Å². The zero-order valence-electron chi connectivity index (χ0n) is 12.9.